The summed E-state index contributed by atoms with van der Waals surface area (Å²) in [5, 5.41) is 3.56. The minimum Gasteiger partial charge on any atom is -0.382 e. The van der Waals surface area contributed by atoms with Gasteiger partial charge in [0.25, 0.3) is 0 Å². The van der Waals surface area contributed by atoms with E-state index < -0.39 is 0 Å². The lowest BCUT2D eigenvalue weighted by Crippen LogP contribution is -2.27. The Morgan fingerprint density at radius 3 is 2.35 bits per heavy atom. The standard InChI is InChI=1S/C14H31NO2/c1-13(2)7-8-14(3)15-9-5-6-10-17-12-11-16-4/h13-15H,5-12H2,1-4H3. The van der Waals surface area contributed by atoms with Gasteiger partial charge in [-0.15, -0.1) is 0 Å². The van der Waals surface area contributed by atoms with E-state index in [0.717, 1.165) is 25.5 Å². The molecular weight excluding hydrogens is 214 g/mol. The molecule has 1 atom stereocenters. The van der Waals surface area contributed by atoms with Crippen LogP contribution >= 0.6 is 0 Å². The highest BCUT2D eigenvalue weighted by atomic mass is 16.5. The molecule has 0 heterocycles. The van der Waals surface area contributed by atoms with E-state index in [1.165, 1.54) is 19.3 Å². The quantitative estimate of drug-likeness (QED) is 0.536. The van der Waals surface area contributed by atoms with Gasteiger partial charge in [-0.3, -0.25) is 0 Å². The minimum absolute atomic E-state index is 0.645. The number of unbranched alkanes of at least 4 members (excludes halogenated alkanes) is 1. The SMILES string of the molecule is COCCOCCCCNC(C)CCC(C)C. The first-order chi connectivity index (χ1) is 8.16. The Morgan fingerprint density at radius 2 is 1.71 bits per heavy atom. The van der Waals surface area contributed by atoms with Crippen molar-refractivity contribution in [3.05, 3.63) is 0 Å². The number of rotatable bonds is 12. The Bertz CT molecular complexity index is 151. The molecule has 3 nitrogen and oxygen atoms in total. The van der Waals surface area contributed by atoms with Crippen LogP contribution in [0.3, 0.4) is 0 Å². The van der Waals surface area contributed by atoms with Crippen LogP contribution in [0.5, 0.6) is 0 Å². The molecule has 1 unspecified atom stereocenters. The van der Waals surface area contributed by atoms with Gasteiger partial charge in [0, 0.05) is 19.8 Å². The van der Waals surface area contributed by atoms with Gasteiger partial charge >= 0.3 is 0 Å². The van der Waals surface area contributed by atoms with Gasteiger partial charge in [0.05, 0.1) is 13.2 Å². The molecular formula is C14H31NO2. The van der Waals surface area contributed by atoms with Crippen molar-refractivity contribution >= 4 is 0 Å². The van der Waals surface area contributed by atoms with Gasteiger partial charge in [0.15, 0.2) is 0 Å². The zero-order chi connectivity index (χ0) is 12.9. The molecule has 0 aliphatic heterocycles. The summed E-state index contributed by atoms with van der Waals surface area (Å²) in [5.74, 6) is 0.813. The van der Waals surface area contributed by atoms with Crippen molar-refractivity contribution in [2.75, 3.05) is 33.5 Å². The highest BCUT2D eigenvalue weighted by Crippen LogP contribution is 2.06. The van der Waals surface area contributed by atoms with Crippen LogP contribution in [-0.2, 0) is 9.47 Å². The number of methoxy groups -OCH3 is 1. The number of ether oxygens (including phenoxy) is 2. The third-order valence-electron chi connectivity index (χ3n) is 2.82. The van der Waals surface area contributed by atoms with Crippen LogP contribution in [0.2, 0.25) is 0 Å². The molecule has 0 aromatic heterocycles. The first kappa shape index (κ1) is 16.9. The molecule has 0 radical (unpaired) electrons. The fourth-order valence-electron chi connectivity index (χ4n) is 1.61. The van der Waals surface area contributed by atoms with Gasteiger partial charge in [0.1, 0.15) is 0 Å². The molecule has 0 aliphatic carbocycles. The van der Waals surface area contributed by atoms with Crippen molar-refractivity contribution < 1.29 is 9.47 Å². The maximum Gasteiger partial charge on any atom is 0.0700 e. The lowest BCUT2D eigenvalue weighted by Gasteiger charge is -2.14. The summed E-state index contributed by atoms with van der Waals surface area (Å²) in [6.07, 6.45) is 4.92. The van der Waals surface area contributed by atoms with E-state index in [2.05, 4.69) is 26.1 Å². The van der Waals surface area contributed by atoms with Crippen molar-refractivity contribution in [3.63, 3.8) is 0 Å². The molecule has 0 fully saturated rings. The Hall–Kier alpha value is -0.120. The number of hydrogen-bond donors (Lipinski definition) is 1. The summed E-state index contributed by atoms with van der Waals surface area (Å²) in [6.45, 7) is 10.2. The van der Waals surface area contributed by atoms with Crippen LogP contribution in [0.1, 0.15) is 46.5 Å². The molecule has 0 saturated carbocycles. The summed E-state index contributed by atoms with van der Waals surface area (Å²) in [7, 11) is 1.70. The van der Waals surface area contributed by atoms with Crippen LogP contribution in [0.15, 0.2) is 0 Å². The van der Waals surface area contributed by atoms with E-state index in [4.69, 9.17) is 9.47 Å². The second kappa shape index (κ2) is 12.3. The van der Waals surface area contributed by atoms with Crippen LogP contribution in [0.4, 0.5) is 0 Å². The van der Waals surface area contributed by atoms with E-state index in [0.29, 0.717) is 19.3 Å². The fourth-order valence-corrected chi connectivity index (χ4v) is 1.61. The molecule has 3 heteroatoms. The topological polar surface area (TPSA) is 30.5 Å². The molecule has 104 valence electrons. The molecule has 0 spiro atoms. The molecule has 0 aliphatic rings. The predicted molar refractivity (Wildman–Crippen MR) is 73.5 cm³/mol. The lowest BCUT2D eigenvalue weighted by molar-refractivity contribution is 0.0687. The van der Waals surface area contributed by atoms with Gasteiger partial charge < -0.3 is 14.8 Å². The monoisotopic (exact) mass is 245 g/mol. The van der Waals surface area contributed by atoms with Gasteiger partial charge in [0.2, 0.25) is 0 Å². The largest absolute Gasteiger partial charge is 0.382 e. The second-order valence-electron chi connectivity index (χ2n) is 5.14. The van der Waals surface area contributed by atoms with Gasteiger partial charge in [-0.1, -0.05) is 13.8 Å². The molecule has 17 heavy (non-hydrogen) atoms. The van der Waals surface area contributed by atoms with Crippen molar-refractivity contribution in [1.82, 2.24) is 5.32 Å². The van der Waals surface area contributed by atoms with Crippen molar-refractivity contribution in [2.45, 2.75) is 52.5 Å². The predicted octanol–water partition coefficient (Wildman–Crippen LogP) is 2.84. The maximum atomic E-state index is 5.41. The molecule has 0 rings (SSSR count). The second-order valence-corrected chi connectivity index (χ2v) is 5.14. The average molecular weight is 245 g/mol. The summed E-state index contributed by atoms with van der Waals surface area (Å²) in [4.78, 5) is 0. The molecule has 0 bridgehead atoms. The Labute approximate surface area is 107 Å². The smallest absolute Gasteiger partial charge is 0.0700 e. The summed E-state index contributed by atoms with van der Waals surface area (Å²) < 4.78 is 10.3. The van der Waals surface area contributed by atoms with E-state index in [1.807, 2.05) is 0 Å². The summed E-state index contributed by atoms with van der Waals surface area (Å²) in [5.41, 5.74) is 0. The molecule has 0 amide bonds. The van der Waals surface area contributed by atoms with E-state index in [1.54, 1.807) is 7.11 Å². The van der Waals surface area contributed by atoms with Gasteiger partial charge in [-0.05, 0) is 45.1 Å². The Balaban J connectivity index is 3.11. The maximum absolute atomic E-state index is 5.41. The van der Waals surface area contributed by atoms with Crippen molar-refractivity contribution in [2.24, 2.45) is 5.92 Å². The first-order valence-electron chi connectivity index (χ1n) is 6.97. The lowest BCUT2D eigenvalue weighted by atomic mass is 10.0. The Kier molecular flexibility index (Phi) is 12.3. The van der Waals surface area contributed by atoms with Crippen LogP contribution in [-0.4, -0.2) is 39.5 Å². The van der Waals surface area contributed by atoms with Crippen LogP contribution in [0.25, 0.3) is 0 Å². The summed E-state index contributed by atoms with van der Waals surface area (Å²) >= 11 is 0. The summed E-state index contributed by atoms with van der Waals surface area (Å²) in [6, 6.07) is 0.645. The highest BCUT2D eigenvalue weighted by molar-refractivity contribution is 4.61. The normalized spacial score (nSPS) is 13.2. The van der Waals surface area contributed by atoms with Crippen LogP contribution in [0, 0.1) is 5.92 Å². The van der Waals surface area contributed by atoms with Gasteiger partial charge in [-0.25, -0.2) is 0 Å². The van der Waals surface area contributed by atoms with Gasteiger partial charge in [-0.2, -0.15) is 0 Å². The highest BCUT2D eigenvalue weighted by Gasteiger charge is 2.02. The van der Waals surface area contributed by atoms with Crippen LogP contribution < -0.4 is 5.32 Å². The third-order valence-corrected chi connectivity index (χ3v) is 2.82. The molecule has 0 aromatic rings. The fraction of sp³-hybridized carbons (Fsp3) is 1.00. The minimum atomic E-state index is 0.645. The number of hydrogen-bond acceptors (Lipinski definition) is 3. The molecule has 1 N–H and O–H groups in total. The number of nitrogens with one attached hydrogen (secondary N) is 1. The Morgan fingerprint density at radius 1 is 0.941 bits per heavy atom. The molecule has 0 saturated heterocycles. The zero-order valence-electron chi connectivity index (χ0n) is 12.1. The zero-order valence-corrected chi connectivity index (χ0v) is 12.1. The third kappa shape index (κ3) is 13.8. The van der Waals surface area contributed by atoms with Crippen molar-refractivity contribution in [1.29, 1.82) is 0 Å². The van der Waals surface area contributed by atoms with E-state index >= 15 is 0 Å². The average Bonchev–Trinajstić information content (AvgIpc) is 2.30. The van der Waals surface area contributed by atoms with E-state index in [-0.39, 0.29) is 0 Å². The first-order valence-corrected chi connectivity index (χ1v) is 6.97. The van der Waals surface area contributed by atoms with E-state index in [9.17, 15) is 0 Å². The molecule has 0 aromatic carbocycles. The van der Waals surface area contributed by atoms with Crippen molar-refractivity contribution in [3.8, 4) is 0 Å².